The minimum Gasteiger partial charge on any atom is -0.477 e. The van der Waals surface area contributed by atoms with Gasteiger partial charge in [0.25, 0.3) is 0 Å². The van der Waals surface area contributed by atoms with Crippen molar-refractivity contribution in [1.82, 2.24) is 5.32 Å². The molecule has 0 bridgehead atoms. The SMILES string of the molecule is CNCC=Cc1sc(C(=O)O)cc1C. The summed E-state index contributed by atoms with van der Waals surface area (Å²) < 4.78 is 0. The van der Waals surface area contributed by atoms with Crippen molar-refractivity contribution < 1.29 is 9.90 Å². The molecule has 0 amide bonds. The second kappa shape index (κ2) is 4.93. The molecule has 0 saturated heterocycles. The highest BCUT2D eigenvalue weighted by atomic mass is 32.1. The Morgan fingerprint density at radius 1 is 1.71 bits per heavy atom. The fourth-order valence-electron chi connectivity index (χ4n) is 1.05. The molecule has 2 N–H and O–H groups in total. The van der Waals surface area contributed by atoms with E-state index in [0.717, 1.165) is 17.0 Å². The Morgan fingerprint density at radius 2 is 2.43 bits per heavy atom. The van der Waals surface area contributed by atoms with Gasteiger partial charge in [0.15, 0.2) is 0 Å². The van der Waals surface area contributed by atoms with Gasteiger partial charge >= 0.3 is 5.97 Å². The molecule has 1 aromatic heterocycles. The number of rotatable bonds is 4. The van der Waals surface area contributed by atoms with Crippen molar-refractivity contribution >= 4 is 23.4 Å². The number of hydrogen-bond acceptors (Lipinski definition) is 3. The summed E-state index contributed by atoms with van der Waals surface area (Å²) in [5.74, 6) is -0.855. The lowest BCUT2D eigenvalue weighted by atomic mass is 10.2. The molecule has 0 aliphatic rings. The Balaban J connectivity index is 2.82. The molecule has 76 valence electrons. The van der Waals surface area contributed by atoms with Crippen LogP contribution in [0.15, 0.2) is 12.1 Å². The van der Waals surface area contributed by atoms with Gasteiger partial charge < -0.3 is 10.4 Å². The lowest BCUT2D eigenvalue weighted by Gasteiger charge is -1.89. The van der Waals surface area contributed by atoms with Crippen LogP contribution in [0.25, 0.3) is 6.08 Å². The third kappa shape index (κ3) is 2.68. The number of carbonyl (C=O) groups is 1. The number of aryl methyl sites for hydroxylation is 1. The van der Waals surface area contributed by atoms with Crippen molar-refractivity contribution in [1.29, 1.82) is 0 Å². The van der Waals surface area contributed by atoms with Crippen molar-refractivity contribution in [3.8, 4) is 0 Å². The Labute approximate surface area is 87.1 Å². The van der Waals surface area contributed by atoms with Crippen molar-refractivity contribution in [2.24, 2.45) is 0 Å². The van der Waals surface area contributed by atoms with Crippen molar-refractivity contribution in [2.75, 3.05) is 13.6 Å². The molecule has 0 spiro atoms. The summed E-state index contributed by atoms with van der Waals surface area (Å²) in [5, 5.41) is 11.8. The number of nitrogens with one attached hydrogen (secondary N) is 1. The van der Waals surface area contributed by atoms with Gasteiger partial charge in [-0.1, -0.05) is 6.08 Å². The maximum atomic E-state index is 10.7. The maximum Gasteiger partial charge on any atom is 0.345 e. The summed E-state index contributed by atoms with van der Waals surface area (Å²) in [7, 11) is 1.87. The summed E-state index contributed by atoms with van der Waals surface area (Å²) in [6.07, 6.45) is 3.92. The van der Waals surface area contributed by atoms with Gasteiger partial charge in [-0.15, -0.1) is 11.3 Å². The summed E-state index contributed by atoms with van der Waals surface area (Å²) in [4.78, 5) is 12.1. The van der Waals surface area contributed by atoms with Gasteiger partial charge in [-0.2, -0.15) is 0 Å². The Hall–Kier alpha value is -1.13. The van der Waals surface area contributed by atoms with E-state index in [0.29, 0.717) is 4.88 Å². The van der Waals surface area contributed by atoms with Crippen LogP contribution >= 0.6 is 11.3 Å². The first-order valence-electron chi connectivity index (χ1n) is 4.30. The Kier molecular flexibility index (Phi) is 3.85. The number of thiophene rings is 1. The number of aromatic carboxylic acids is 1. The standard InChI is InChI=1S/C10H13NO2S/c1-7-6-9(10(12)13)14-8(7)4-3-5-11-2/h3-4,6,11H,5H2,1-2H3,(H,12,13). The zero-order valence-electron chi connectivity index (χ0n) is 8.20. The van der Waals surface area contributed by atoms with Crippen LogP contribution in [0, 0.1) is 6.92 Å². The number of carboxylic acids is 1. The van der Waals surface area contributed by atoms with E-state index in [1.54, 1.807) is 6.07 Å². The molecule has 1 rings (SSSR count). The van der Waals surface area contributed by atoms with Gasteiger partial charge in [-0.05, 0) is 31.7 Å². The minimum atomic E-state index is -0.855. The van der Waals surface area contributed by atoms with E-state index in [9.17, 15) is 4.79 Å². The molecule has 0 radical (unpaired) electrons. The van der Waals surface area contributed by atoms with E-state index in [4.69, 9.17) is 5.11 Å². The fourth-order valence-corrected chi connectivity index (χ4v) is 1.99. The van der Waals surface area contributed by atoms with Gasteiger partial charge in [-0.25, -0.2) is 4.79 Å². The van der Waals surface area contributed by atoms with Gasteiger partial charge in [0.2, 0.25) is 0 Å². The summed E-state index contributed by atoms with van der Waals surface area (Å²) in [6.45, 7) is 2.71. The first-order chi connectivity index (χ1) is 6.65. The molecule has 4 heteroatoms. The van der Waals surface area contributed by atoms with Crippen molar-refractivity contribution in [3.05, 3.63) is 27.5 Å². The fraction of sp³-hybridized carbons (Fsp3) is 0.300. The molecule has 0 aliphatic carbocycles. The summed E-state index contributed by atoms with van der Waals surface area (Å²) >= 11 is 1.30. The zero-order valence-corrected chi connectivity index (χ0v) is 9.02. The highest BCUT2D eigenvalue weighted by Gasteiger charge is 2.08. The predicted octanol–water partition coefficient (Wildman–Crippen LogP) is 1.99. The van der Waals surface area contributed by atoms with E-state index in [-0.39, 0.29) is 0 Å². The van der Waals surface area contributed by atoms with Crippen LogP contribution in [-0.2, 0) is 0 Å². The molecule has 0 fully saturated rings. The maximum absolute atomic E-state index is 10.7. The highest BCUT2D eigenvalue weighted by Crippen LogP contribution is 2.22. The molecule has 0 saturated carbocycles. The zero-order chi connectivity index (χ0) is 10.6. The summed E-state index contributed by atoms with van der Waals surface area (Å²) in [5.41, 5.74) is 1.01. The molecule has 14 heavy (non-hydrogen) atoms. The van der Waals surface area contributed by atoms with E-state index < -0.39 is 5.97 Å². The largest absolute Gasteiger partial charge is 0.477 e. The molecular formula is C10H13NO2S. The van der Waals surface area contributed by atoms with Crippen LogP contribution in [0.4, 0.5) is 0 Å². The highest BCUT2D eigenvalue weighted by molar-refractivity contribution is 7.15. The molecule has 0 aliphatic heterocycles. The third-order valence-electron chi connectivity index (χ3n) is 1.76. The quantitative estimate of drug-likeness (QED) is 0.800. The van der Waals surface area contributed by atoms with Gasteiger partial charge in [0.05, 0.1) is 0 Å². The molecule has 0 unspecified atom stereocenters. The van der Waals surface area contributed by atoms with Crippen LogP contribution in [0.3, 0.4) is 0 Å². The van der Waals surface area contributed by atoms with Gasteiger partial charge in [0.1, 0.15) is 4.88 Å². The average Bonchev–Trinajstić information content (AvgIpc) is 2.49. The van der Waals surface area contributed by atoms with Crippen LogP contribution in [0.5, 0.6) is 0 Å². The molecule has 3 nitrogen and oxygen atoms in total. The molecule has 0 aromatic carbocycles. The number of likely N-dealkylation sites (N-methyl/N-ethyl adjacent to an activating group) is 1. The Morgan fingerprint density at radius 3 is 2.93 bits per heavy atom. The van der Waals surface area contributed by atoms with E-state index >= 15 is 0 Å². The predicted molar refractivity (Wildman–Crippen MR) is 59.0 cm³/mol. The molecular weight excluding hydrogens is 198 g/mol. The van der Waals surface area contributed by atoms with Gasteiger partial charge in [-0.3, -0.25) is 0 Å². The number of hydrogen-bond donors (Lipinski definition) is 2. The lowest BCUT2D eigenvalue weighted by Crippen LogP contribution is -2.03. The second-order valence-electron chi connectivity index (χ2n) is 2.92. The number of carboxylic acid groups (broad SMARTS) is 1. The lowest BCUT2D eigenvalue weighted by molar-refractivity contribution is 0.0702. The van der Waals surface area contributed by atoms with Gasteiger partial charge in [0, 0.05) is 11.4 Å². The monoisotopic (exact) mass is 211 g/mol. The topological polar surface area (TPSA) is 49.3 Å². The van der Waals surface area contributed by atoms with E-state index in [1.807, 2.05) is 26.1 Å². The second-order valence-corrected chi connectivity index (χ2v) is 4.01. The third-order valence-corrected chi connectivity index (χ3v) is 2.95. The van der Waals surface area contributed by atoms with Crippen LogP contribution in [0.1, 0.15) is 20.1 Å². The van der Waals surface area contributed by atoms with Crippen molar-refractivity contribution in [3.63, 3.8) is 0 Å². The van der Waals surface area contributed by atoms with Crippen LogP contribution in [-0.4, -0.2) is 24.7 Å². The molecule has 1 aromatic rings. The first-order valence-corrected chi connectivity index (χ1v) is 5.11. The van der Waals surface area contributed by atoms with E-state index in [1.165, 1.54) is 11.3 Å². The minimum absolute atomic E-state index is 0.395. The summed E-state index contributed by atoms with van der Waals surface area (Å²) in [6, 6.07) is 1.70. The normalized spacial score (nSPS) is 11.0. The molecule has 1 heterocycles. The molecule has 0 atom stereocenters. The van der Waals surface area contributed by atoms with Crippen LogP contribution < -0.4 is 5.32 Å². The van der Waals surface area contributed by atoms with E-state index in [2.05, 4.69) is 5.32 Å². The average molecular weight is 211 g/mol. The van der Waals surface area contributed by atoms with Crippen LogP contribution in [0.2, 0.25) is 0 Å². The first kappa shape index (κ1) is 10.9. The Bertz CT molecular complexity index is 355. The smallest absolute Gasteiger partial charge is 0.345 e. The van der Waals surface area contributed by atoms with Crippen molar-refractivity contribution in [2.45, 2.75) is 6.92 Å².